The van der Waals surface area contributed by atoms with E-state index in [2.05, 4.69) is 5.32 Å². The van der Waals surface area contributed by atoms with Crippen LogP contribution in [0.5, 0.6) is 0 Å². The average molecular weight is 183 g/mol. The van der Waals surface area contributed by atoms with Crippen molar-refractivity contribution >= 4 is 5.97 Å². The molecule has 3 unspecified atom stereocenters. The zero-order chi connectivity index (χ0) is 9.26. The van der Waals surface area contributed by atoms with Crippen molar-refractivity contribution in [2.75, 3.05) is 0 Å². The van der Waals surface area contributed by atoms with Crippen molar-refractivity contribution in [2.24, 2.45) is 5.92 Å². The summed E-state index contributed by atoms with van der Waals surface area (Å²) >= 11 is 0. The third-order valence-electron chi connectivity index (χ3n) is 3.37. The number of nitrogens with one attached hydrogen (secondary N) is 1. The molecular formula is C10H17NO2. The quantitative estimate of drug-likeness (QED) is 0.680. The number of rotatable bonds is 2. The maximum atomic E-state index is 10.5. The summed E-state index contributed by atoms with van der Waals surface area (Å²) in [6.45, 7) is 0. The second-order valence-electron chi connectivity index (χ2n) is 4.35. The number of carboxylic acids is 1. The summed E-state index contributed by atoms with van der Waals surface area (Å²) in [5.74, 6) is 0.0919. The molecule has 0 aromatic carbocycles. The highest BCUT2D eigenvalue weighted by Gasteiger charge is 2.35. The highest BCUT2D eigenvalue weighted by Crippen LogP contribution is 2.33. The number of fused-ring (bicyclic) bond motifs is 1. The first-order chi connectivity index (χ1) is 6.25. The van der Waals surface area contributed by atoms with Crippen molar-refractivity contribution in [3.05, 3.63) is 0 Å². The molecule has 2 aliphatic rings. The smallest absolute Gasteiger partial charge is 0.304 e. The molecule has 3 heteroatoms. The van der Waals surface area contributed by atoms with Gasteiger partial charge in [-0.15, -0.1) is 0 Å². The largest absolute Gasteiger partial charge is 0.481 e. The van der Waals surface area contributed by atoms with E-state index in [-0.39, 0.29) is 6.04 Å². The lowest BCUT2D eigenvalue weighted by molar-refractivity contribution is -0.137. The molecule has 0 aromatic rings. The Bertz CT molecular complexity index is 191. The van der Waals surface area contributed by atoms with E-state index in [0.29, 0.717) is 12.5 Å². The van der Waals surface area contributed by atoms with E-state index in [1.54, 1.807) is 0 Å². The monoisotopic (exact) mass is 183 g/mol. The molecule has 3 nitrogen and oxygen atoms in total. The number of hydrogen-bond donors (Lipinski definition) is 2. The van der Waals surface area contributed by atoms with Crippen LogP contribution in [0, 0.1) is 5.92 Å². The average Bonchev–Trinajstić information content (AvgIpc) is 2.44. The van der Waals surface area contributed by atoms with Gasteiger partial charge in [0, 0.05) is 12.1 Å². The Labute approximate surface area is 78.5 Å². The first-order valence-electron chi connectivity index (χ1n) is 5.23. The van der Waals surface area contributed by atoms with Gasteiger partial charge in [0.1, 0.15) is 0 Å². The first kappa shape index (κ1) is 9.00. The van der Waals surface area contributed by atoms with E-state index in [0.717, 1.165) is 12.3 Å². The summed E-state index contributed by atoms with van der Waals surface area (Å²) in [6, 6.07) is 0.865. The van der Waals surface area contributed by atoms with Gasteiger partial charge in [-0.05, 0) is 25.2 Å². The molecule has 0 bridgehead atoms. The lowest BCUT2D eigenvalue weighted by atomic mass is 9.85. The zero-order valence-electron chi connectivity index (χ0n) is 7.83. The van der Waals surface area contributed by atoms with Crippen LogP contribution in [0.25, 0.3) is 0 Å². The van der Waals surface area contributed by atoms with E-state index in [1.807, 2.05) is 0 Å². The van der Waals surface area contributed by atoms with Gasteiger partial charge in [0.05, 0.1) is 6.42 Å². The first-order valence-corrected chi connectivity index (χ1v) is 5.23. The molecule has 2 fully saturated rings. The third kappa shape index (κ3) is 2.02. The summed E-state index contributed by atoms with van der Waals surface area (Å²) in [5, 5.41) is 12.1. The van der Waals surface area contributed by atoms with E-state index >= 15 is 0 Å². The maximum absolute atomic E-state index is 10.5. The number of aliphatic carboxylic acids is 1. The fourth-order valence-corrected chi connectivity index (χ4v) is 2.80. The van der Waals surface area contributed by atoms with Gasteiger partial charge in [0.15, 0.2) is 0 Å². The van der Waals surface area contributed by atoms with E-state index in [4.69, 9.17) is 5.11 Å². The molecular weight excluding hydrogens is 166 g/mol. The molecule has 74 valence electrons. The molecule has 1 aliphatic heterocycles. The zero-order valence-corrected chi connectivity index (χ0v) is 7.83. The van der Waals surface area contributed by atoms with Gasteiger partial charge in [-0.3, -0.25) is 4.79 Å². The van der Waals surface area contributed by atoms with Gasteiger partial charge in [-0.2, -0.15) is 0 Å². The highest BCUT2D eigenvalue weighted by atomic mass is 16.4. The molecule has 13 heavy (non-hydrogen) atoms. The van der Waals surface area contributed by atoms with Crippen molar-refractivity contribution in [2.45, 2.75) is 50.6 Å². The Morgan fingerprint density at radius 1 is 1.38 bits per heavy atom. The van der Waals surface area contributed by atoms with Gasteiger partial charge < -0.3 is 10.4 Å². The topological polar surface area (TPSA) is 49.3 Å². The Balaban J connectivity index is 1.87. The summed E-state index contributed by atoms with van der Waals surface area (Å²) in [7, 11) is 0. The van der Waals surface area contributed by atoms with Gasteiger partial charge in [-0.25, -0.2) is 0 Å². The summed E-state index contributed by atoms with van der Waals surface area (Å²) in [5.41, 5.74) is 0. The van der Waals surface area contributed by atoms with Crippen LogP contribution in [0.15, 0.2) is 0 Å². The van der Waals surface area contributed by atoms with Crippen LogP contribution in [-0.4, -0.2) is 23.2 Å². The lowest BCUT2D eigenvalue weighted by Gasteiger charge is -2.24. The molecule has 0 aromatic heterocycles. The van der Waals surface area contributed by atoms with Crippen molar-refractivity contribution < 1.29 is 9.90 Å². The standard InChI is InChI=1S/C10H17NO2/c12-10(13)6-8-5-7-3-1-2-4-9(7)11-8/h7-9,11H,1-6H2,(H,12,13). The molecule has 1 saturated carbocycles. The molecule has 2 N–H and O–H groups in total. The van der Waals surface area contributed by atoms with Gasteiger partial charge in [0.25, 0.3) is 0 Å². The SMILES string of the molecule is O=C(O)CC1CC2CCCCC2N1. The molecule has 0 radical (unpaired) electrons. The summed E-state index contributed by atoms with van der Waals surface area (Å²) in [4.78, 5) is 10.5. The predicted octanol–water partition coefficient (Wildman–Crippen LogP) is 1.38. The second-order valence-corrected chi connectivity index (χ2v) is 4.35. The summed E-state index contributed by atoms with van der Waals surface area (Å²) in [6.07, 6.45) is 6.58. The van der Waals surface area contributed by atoms with E-state index in [1.165, 1.54) is 25.7 Å². The van der Waals surface area contributed by atoms with Gasteiger partial charge in [0.2, 0.25) is 0 Å². The van der Waals surface area contributed by atoms with Crippen molar-refractivity contribution in [3.63, 3.8) is 0 Å². The number of hydrogen-bond acceptors (Lipinski definition) is 2. The highest BCUT2D eigenvalue weighted by molar-refractivity contribution is 5.67. The van der Waals surface area contributed by atoms with E-state index in [9.17, 15) is 4.79 Å². The van der Waals surface area contributed by atoms with Gasteiger partial charge in [-0.1, -0.05) is 12.8 Å². The van der Waals surface area contributed by atoms with Crippen molar-refractivity contribution in [3.8, 4) is 0 Å². The minimum absolute atomic E-state index is 0.241. The molecule has 3 atom stereocenters. The van der Waals surface area contributed by atoms with Crippen LogP contribution < -0.4 is 5.32 Å². The molecule has 2 rings (SSSR count). The molecule has 1 aliphatic carbocycles. The number of carbonyl (C=O) groups is 1. The number of carboxylic acid groups (broad SMARTS) is 1. The normalized spacial score (nSPS) is 38.6. The van der Waals surface area contributed by atoms with E-state index < -0.39 is 5.97 Å². The maximum Gasteiger partial charge on any atom is 0.304 e. The Morgan fingerprint density at radius 3 is 2.85 bits per heavy atom. The Morgan fingerprint density at radius 2 is 2.15 bits per heavy atom. The molecule has 0 spiro atoms. The summed E-state index contributed by atoms with van der Waals surface area (Å²) < 4.78 is 0. The van der Waals surface area contributed by atoms with Crippen molar-refractivity contribution in [1.82, 2.24) is 5.32 Å². The molecule has 1 saturated heterocycles. The Kier molecular flexibility index (Phi) is 2.54. The van der Waals surface area contributed by atoms with Crippen LogP contribution in [-0.2, 0) is 4.79 Å². The minimum Gasteiger partial charge on any atom is -0.481 e. The molecule has 0 amide bonds. The van der Waals surface area contributed by atoms with Crippen LogP contribution in [0.2, 0.25) is 0 Å². The van der Waals surface area contributed by atoms with Crippen LogP contribution in [0.1, 0.15) is 38.5 Å². The lowest BCUT2D eigenvalue weighted by Crippen LogP contribution is -2.33. The van der Waals surface area contributed by atoms with Crippen LogP contribution in [0.3, 0.4) is 0 Å². The fraction of sp³-hybridized carbons (Fsp3) is 0.900. The predicted molar refractivity (Wildman–Crippen MR) is 49.5 cm³/mol. The van der Waals surface area contributed by atoms with Crippen LogP contribution >= 0.6 is 0 Å². The van der Waals surface area contributed by atoms with Gasteiger partial charge >= 0.3 is 5.97 Å². The van der Waals surface area contributed by atoms with Crippen LogP contribution in [0.4, 0.5) is 0 Å². The van der Waals surface area contributed by atoms with Crippen molar-refractivity contribution in [1.29, 1.82) is 0 Å². The second kappa shape index (κ2) is 3.66. The fourth-order valence-electron chi connectivity index (χ4n) is 2.80. The molecule has 1 heterocycles. The Hall–Kier alpha value is -0.570. The third-order valence-corrected chi connectivity index (χ3v) is 3.37. The minimum atomic E-state index is -0.670.